The molecule has 0 radical (unpaired) electrons. The molecule has 1 aliphatic rings. The molecule has 2 nitrogen and oxygen atoms in total. The van der Waals surface area contributed by atoms with Crippen LogP contribution in [-0.4, -0.2) is 13.1 Å². The van der Waals surface area contributed by atoms with Gasteiger partial charge >= 0.3 is 0 Å². The molecule has 0 saturated carbocycles. The zero-order chi connectivity index (χ0) is 12.9. The van der Waals surface area contributed by atoms with Gasteiger partial charge in [-0.05, 0) is 18.4 Å². The zero-order valence-electron chi connectivity index (χ0n) is 11.7. The molecular formula is C17H22ClN2+. The molecule has 0 aliphatic carbocycles. The van der Waals surface area contributed by atoms with E-state index < -0.39 is 0 Å². The molecule has 1 aliphatic heterocycles. The standard InChI is InChI=1S/C17H21N2.ClH/c1-2-6-16(7-3-1)8-13-18-14-9-17(10-15-18)19-11-4-5-12-19;/h1-3,6-7,9-10,14-15H,4-5,8,11-13H2;1H/q+1;. The van der Waals surface area contributed by atoms with E-state index in [0.717, 1.165) is 13.0 Å². The Hall–Kier alpha value is -1.54. The molecule has 3 heteroatoms. The van der Waals surface area contributed by atoms with Gasteiger partial charge in [0.15, 0.2) is 18.9 Å². The lowest BCUT2D eigenvalue weighted by atomic mass is 10.1. The summed E-state index contributed by atoms with van der Waals surface area (Å²) < 4.78 is 2.27. The zero-order valence-corrected chi connectivity index (χ0v) is 12.6. The van der Waals surface area contributed by atoms with Crippen molar-refractivity contribution in [1.82, 2.24) is 0 Å². The van der Waals surface area contributed by atoms with Gasteiger partial charge in [-0.1, -0.05) is 30.3 Å². The maximum atomic E-state index is 2.47. The monoisotopic (exact) mass is 289 g/mol. The van der Waals surface area contributed by atoms with Crippen LogP contribution < -0.4 is 9.47 Å². The molecule has 0 atom stereocenters. The Balaban J connectivity index is 0.00000147. The lowest BCUT2D eigenvalue weighted by molar-refractivity contribution is -0.696. The van der Waals surface area contributed by atoms with Crippen molar-refractivity contribution in [3.63, 3.8) is 0 Å². The molecule has 106 valence electrons. The summed E-state index contributed by atoms with van der Waals surface area (Å²) in [6.45, 7) is 3.48. The van der Waals surface area contributed by atoms with Crippen LogP contribution in [0.4, 0.5) is 5.69 Å². The van der Waals surface area contributed by atoms with E-state index in [1.807, 2.05) is 0 Å². The first-order valence-corrected chi connectivity index (χ1v) is 7.20. The van der Waals surface area contributed by atoms with Crippen molar-refractivity contribution in [1.29, 1.82) is 0 Å². The highest BCUT2D eigenvalue weighted by Gasteiger charge is 2.13. The third kappa shape index (κ3) is 3.73. The smallest absolute Gasteiger partial charge is 0.170 e. The van der Waals surface area contributed by atoms with E-state index in [0.29, 0.717) is 0 Å². The SMILES string of the molecule is Cl.c1ccc(CC[n+]2ccc(N3CCCC3)cc2)cc1. The molecule has 20 heavy (non-hydrogen) atoms. The fourth-order valence-corrected chi connectivity index (χ4v) is 2.69. The molecule has 0 amide bonds. The molecule has 0 unspecified atom stereocenters. The number of anilines is 1. The normalized spacial score (nSPS) is 14.1. The quantitative estimate of drug-likeness (QED) is 0.784. The van der Waals surface area contributed by atoms with E-state index >= 15 is 0 Å². The van der Waals surface area contributed by atoms with Crippen LogP contribution in [0.15, 0.2) is 54.9 Å². The number of aryl methyl sites for hydroxylation is 2. The van der Waals surface area contributed by atoms with Gasteiger partial charge in [0.05, 0.1) is 0 Å². The highest BCUT2D eigenvalue weighted by atomic mass is 35.5. The predicted octanol–water partition coefficient (Wildman–Crippen LogP) is 3.24. The van der Waals surface area contributed by atoms with Crippen LogP contribution in [-0.2, 0) is 13.0 Å². The number of aromatic nitrogens is 1. The van der Waals surface area contributed by atoms with Gasteiger partial charge in [-0.15, -0.1) is 12.4 Å². The summed E-state index contributed by atoms with van der Waals surface area (Å²) in [6.07, 6.45) is 8.17. The third-order valence-corrected chi connectivity index (χ3v) is 3.85. The number of nitrogens with zero attached hydrogens (tertiary/aromatic N) is 2. The number of rotatable bonds is 4. The van der Waals surface area contributed by atoms with Crippen molar-refractivity contribution in [3.8, 4) is 0 Å². The Kier molecular flexibility index (Phi) is 5.42. The average Bonchev–Trinajstić information content (AvgIpc) is 3.01. The Morgan fingerprint density at radius 3 is 2.20 bits per heavy atom. The van der Waals surface area contributed by atoms with Crippen molar-refractivity contribution in [3.05, 3.63) is 60.4 Å². The fourth-order valence-electron chi connectivity index (χ4n) is 2.69. The van der Waals surface area contributed by atoms with Crippen LogP contribution in [0.2, 0.25) is 0 Å². The lowest BCUT2D eigenvalue weighted by Crippen LogP contribution is -2.34. The van der Waals surface area contributed by atoms with Crippen LogP contribution in [0, 0.1) is 0 Å². The minimum absolute atomic E-state index is 0. The van der Waals surface area contributed by atoms with E-state index in [1.54, 1.807) is 0 Å². The van der Waals surface area contributed by atoms with E-state index in [9.17, 15) is 0 Å². The van der Waals surface area contributed by atoms with Gasteiger partial charge in [-0.2, -0.15) is 0 Å². The van der Waals surface area contributed by atoms with Crippen molar-refractivity contribution < 1.29 is 4.57 Å². The van der Waals surface area contributed by atoms with Gasteiger partial charge in [0.25, 0.3) is 0 Å². The summed E-state index contributed by atoms with van der Waals surface area (Å²) in [5.41, 5.74) is 2.77. The fraction of sp³-hybridized carbons (Fsp3) is 0.353. The van der Waals surface area contributed by atoms with Crippen molar-refractivity contribution in [2.45, 2.75) is 25.8 Å². The molecule has 0 spiro atoms. The van der Waals surface area contributed by atoms with E-state index in [4.69, 9.17) is 0 Å². The molecule has 1 fully saturated rings. The summed E-state index contributed by atoms with van der Waals surface area (Å²) in [4.78, 5) is 2.47. The van der Waals surface area contributed by atoms with E-state index in [1.165, 1.54) is 37.2 Å². The van der Waals surface area contributed by atoms with E-state index in [2.05, 4.69) is 64.3 Å². The largest absolute Gasteiger partial charge is 0.371 e. The third-order valence-electron chi connectivity index (χ3n) is 3.85. The molecule has 2 aromatic rings. The topological polar surface area (TPSA) is 7.12 Å². The van der Waals surface area contributed by atoms with Crippen LogP contribution >= 0.6 is 12.4 Å². The maximum absolute atomic E-state index is 2.47. The van der Waals surface area contributed by atoms with Gasteiger partial charge in [-0.25, -0.2) is 4.57 Å². The second-order valence-corrected chi connectivity index (χ2v) is 5.22. The second kappa shape index (κ2) is 7.30. The highest BCUT2D eigenvalue weighted by molar-refractivity contribution is 5.85. The first-order valence-electron chi connectivity index (χ1n) is 7.20. The number of hydrogen-bond acceptors (Lipinski definition) is 1. The highest BCUT2D eigenvalue weighted by Crippen LogP contribution is 2.17. The lowest BCUT2D eigenvalue weighted by Gasteiger charge is -2.16. The van der Waals surface area contributed by atoms with Gasteiger partial charge in [0, 0.05) is 37.3 Å². The predicted molar refractivity (Wildman–Crippen MR) is 85.5 cm³/mol. The maximum Gasteiger partial charge on any atom is 0.170 e. The molecule has 1 aromatic heterocycles. The molecule has 0 N–H and O–H groups in total. The summed E-state index contributed by atoms with van der Waals surface area (Å²) in [5, 5.41) is 0. The number of halogens is 1. The number of benzene rings is 1. The first-order chi connectivity index (χ1) is 9.42. The van der Waals surface area contributed by atoms with Crippen LogP contribution in [0.1, 0.15) is 18.4 Å². The Morgan fingerprint density at radius 2 is 1.55 bits per heavy atom. The van der Waals surface area contributed by atoms with Crippen molar-refractivity contribution in [2.24, 2.45) is 0 Å². The molecule has 2 heterocycles. The Morgan fingerprint density at radius 1 is 0.900 bits per heavy atom. The first kappa shape index (κ1) is 14.9. The summed E-state index contributed by atoms with van der Waals surface area (Å²) in [7, 11) is 0. The second-order valence-electron chi connectivity index (χ2n) is 5.22. The summed E-state index contributed by atoms with van der Waals surface area (Å²) in [5.74, 6) is 0. The molecule has 1 saturated heterocycles. The molecular weight excluding hydrogens is 268 g/mol. The van der Waals surface area contributed by atoms with Crippen molar-refractivity contribution >= 4 is 18.1 Å². The number of hydrogen-bond donors (Lipinski definition) is 0. The molecule has 0 bridgehead atoms. The van der Waals surface area contributed by atoms with E-state index in [-0.39, 0.29) is 12.4 Å². The van der Waals surface area contributed by atoms with Crippen LogP contribution in [0.25, 0.3) is 0 Å². The Bertz CT molecular complexity index is 504. The van der Waals surface area contributed by atoms with Gasteiger partial charge in [0.2, 0.25) is 0 Å². The van der Waals surface area contributed by atoms with Crippen LogP contribution in [0.3, 0.4) is 0 Å². The number of pyridine rings is 1. The average molecular weight is 290 g/mol. The molecule has 1 aromatic carbocycles. The Labute approximate surface area is 127 Å². The van der Waals surface area contributed by atoms with Crippen molar-refractivity contribution in [2.75, 3.05) is 18.0 Å². The molecule has 3 rings (SSSR count). The van der Waals surface area contributed by atoms with Gasteiger partial charge < -0.3 is 4.90 Å². The van der Waals surface area contributed by atoms with Crippen LogP contribution in [0.5, 0.6) is 0 Å². The summed E-state index contributed by atoms with van der Waals surface area (Å²) >= 11 is 0. The van der Waals surface area contributed by atoms with Gasteiger partial charge in [0.1, 0.15) is 0 Å². The van der Waals surface area contributed by atoms with Gasteiger partial charge in [-0.3, -0.25) is 0 Å². The minimum atomic E-state index is 0. The minimum Gasteiger partial charge on any atom is -0.371 e. The summed E-state index contributed by atoms with van der Waals surface area (Å²) in [6, 6.07) is 15.2.